The summed E-state index contributed by atoms with van der Waals surface area (Å²) in [6.07, 6.45) is 3.62. The number of carbonyl (C=O) groups excluding carboxylic acids is 1. The van der Waals surface area contributed by atoms with Gasteiger partial charge in [-0.05, 0) is 25.0 Å². The van der Waals surface area contributed by atoms with Crippen molar-refractivity contribution in [3.8, 4) is 0 Å². The Morgan fingerprint density at radius 2 is 2.18 bits per heavy atom. The Balaban J connectivity index is 1.81. The van der Waals surface area contributed by atoms with Crippen LogP contribution in [0.1, 0.15) is 34.9 Å². The van der Waals surface area contributed by atoms with Gasteiger partial charge in [-0.3, -0.25) is 4.79 Å². The molecule has 1 aliphatic rings. The average molecular weight is 339 g/mol. The minimum atomic E-state index is -0.0839. The number of carbonyl (C=O) groups is 1. The van der Waals surface area contributed by atoms with E-state index in [1.165, 1.54) is 0 Å². The van der Waals surface area contributed by atoms with E-state index in [1.54, 1.807) is 24.5 Å². The molecule has 2 heterocycles. The summed E-state index contributed by atoms with van der Waals surface area (Å²) >= 11 is 12.2. The van der Waals surface area contributed by atoms with Crippen LogP contribution >= 0.6 is 23.2 Å². The number of aryl methyl sites for hydroxylation is 1. The molecule has 1 aliphatic heterocycles. The zero-order valence-corrected chi connectivity index (χ0v) is 13.7. The van der Waals surface area contributed by atoms with Crippen molar-refractivity contribution >= 4 is 29.1 Å². The molecular formula is C15H16Cl2N4O. The molecule has 116 valence electrons. The van der Waals surface area contributed by atoms with Crippen LogP contribution in [0.2, 0.25) is 10.0 Å². The number of aromatic nitrogens is 3. The molecule has 0 N–H and O–H groups in total. The second-order valence-electron chi connectivity index (χ2n) is 5.49. The van der Waals surface area contributed by atoms with Crippen molar-refractivity contribution in [1.82, 2.24) is 19.7 Å². The quantitative estimate of drug-likeness (QED) is 0.845. The van der Waals surface area contributed by atoms with Crippen LogP contribution in [-0.2, 0) is 7.05 Å². The Kier molecular flexibility index (Phi) is 4.36. The molecule has 1 fully saturated rings. The van der Waals surface area contributed by atoms with Gasteiger partial charge in [0.2, 0.25) is 0 Å². The van der Waals surface area contributed by atoms with Gasteiger partial charge in [0, 0.05) is 26.1 Å². The summed E-state index contributed by atoms with van der Waals surface area (Å²) in [5.41, 5.74) is 0.452. The number of likely N-dealkylation sites (tertiary alicyclic amines) is 1. The Morgan fingerprint density at radius 1 is 1.36 bits per heavy atom. The number of rotatable bonds is 2. The number of hydrogen-bond donors (Lipinski definition) is 0. The van der Waals surface area contributed by atoms with Crippen molar-refractivity contribution < 1.29 is 4.79 Å². The van der Waals surface area contributed by atoms with Crippen LogP contribution in [0.5, 0.6) is 0 Å². The van der Waals surface area contributed by atoms with E-state index >= 15 is 0 Å². The summed E-state index contributed by atoms with van der Waals surface area (Å²) in [6.45, 7) is 1.34. The van der Waals surface area contributed by atoms with Crippen LogP contribution in [0, 0.1) is 0 Å². The van der Waals surface area contributed by atoms with E-state index in [4.69, 9.17) is 23.2 Å². The molecule has 0 saturated carbocycles. The lowest BCUT2D eigenvalue weighted by molar-refractivity contribution is 0.0703. The molecule has 7 heteroatoms. The fraction of sp³-hybridized carbons (Fsp3) is 0.400. The lowest BCUT2D eigenvalue weighted by Gasteiger charge is -2.32. The third-order valence-corrected chi connectivity index (χ3v) is 4.82. The van der Waals surface area contributed by atoms with Crippen molar-refractivity contribution in [2.24, 2.45) is 7.05 Å². The highest BCUT2D eigenvalue weighted by Gasteiger charge is 2.29. The standard InChI is InChI=1S/C15H16Cl2N4O/c1-20-9-18-19-14(20)10-4-3-7-21(8-10)15(22)11-5-2-6-12(16)13(11)17/h2,5-6,9-10H,3-4,7-8H2,1H3/t10-/m1/s1. The van der Waals surface area contributed by atoms with E-state index in [0.717, 1.165) is 25.2 Å². The molecular weight excluding hydrogens is 323 g/mol. The van der Waals surface area contributed by atoms with Crippen molar-refractivity contribution in [1.29, 1.82) is 0 Å². The van der Waals surface area contributed by atoms with E-state index in [1.807, 2.05) is 16.5 Å². The van der Waals surface area contributed by atoms with Crippen LogP contribution in [-0.4, -0.2) is 38.7 Å². The maximum Gasteiger partial charge on any atom is 0.255 e. The van der Waals surface area contributed by atoms with Gasteiger partial charge in [0.15, 0.2) is 0 Å². The second kappa shape index (κ2) is 6.26. The number of nitrogens with zero attached hydrogens (tertiary/aromatic N) is 4. The van der Waals surface area contributed by atoms with Crippen LogP contribution in [0.4, 0.5) is 0 Å². The highest BCUT2D eigenvalue weighted by atomic mass is 35.5. The molecule has 5 nitrogen and oxygen atoms in total. The van der Waals surface area contributed by atoms with Gasteiger partial charge >= 0.3 is 0 Å². The van der Waals surface area contributed by atoms with E-state index in [-0.39, 0.29) is 11.8 Å². The Morgan fingerprint density at radius 3 is 2.91 bits per heavy atom. The number of piperidine rings is 1. The zero-order valence-electron chi connectivity index (χ0n) is 12.2. The number of benzene rings is 1. The molecule has 0 bridgehead atoms. The highest BCUT2D eigenvalue weighted by Crippen LogP contribution is 2.30. The summed E-state index contributed by atoms with van der Waals surface area (Å²) in [6, 6.07) is 5.13. The number of amides is 1. The highest BCUT2D eigenvalue weighted by molar-refractivity contribution is 6.43. The normalized spacial score (nSPS) is 18.5. The predicted octanol–water partition coefficient (Wildman–Crippen LogP) is 3.14. The fourth-order valence-electron chi connectivity index (χ4n) is 2.87. The van der Waals surface area contributed by atoms with Crippen LogP contribution in [0.15, 0.2) is 24.5 Å². The van der Waals surface area contributed by atoms with Gasteiger partial charge in [-0.15, -0.1) is 10.2 Å². The first-order chi connectivity index (χ1) is 10.6. The summed E-state index contributed by atoms with van der Waals surface area (Å²) in [5.74, 6) is 1.03. The lowest BCUT2D eigenvalue weighted by Crippen LogP contribution is -2.39. The third-order valence-electron chi connectivity index (χ3n) is 4.00. The van der Waals surface area contributed by atoms with Crippen molar-refractivity contribution in [3.63, 3.8) is 0 Å². The molecule has 3 rings (SSSR count). The van der Waals surface area contributed by atoms with Crippen LogP contribution in [0.3, 0.4) is 0 Å². The molecule has 0 aliphatic carbocycles. The first-order valence-corrected chi connectivity index (χ1v) is 7.90. The smallest absolute Gasteiger partial charge is 0.255 e. The number of hydrogen-bond acceptors (Lipinski definition) is 3. The van der Waals surface area contributed by atoms with Gasteiger partial charge in [-0.25, -0.2) is 0 Å². The third kappa shape index (κ3) is 2.83. The molecule has 2 aromatic rings. The minimum absolute atomic E-state index is 0.0839. The Bertz CT molecular complexity index is 701. The SMILES string of the molecule is Cn1cnnc1[C@@H]1CCCN(C(=O)c2cccc(Cl)c2Cl)C1. The number of halogens is 2. The molecule has 1 aromatic carbocycles. The van der Waals surface area contributed by atoms with Crippen molar-refractivity contribution in [3.05, 3.63) is 46.0 Å². The van der Waals surface area contributed by atoms with E-state index in [2.05, 4.69) is 10.2 Å². The maximum absolute atomic E-state index is 12.7. The average Bonchev–Trinajstić information content (AvgIpc) is 2.96. The fourth-order valence-corrected chi connectivity index (χ4v) is 3.25. The summed E-state index contributed by atoms with van der Waals surface area (Å²) in [4.78, 5) is 14.5. The van der Waals surface area contributed by atoms with Crippen molar-refractivity contribution in [2.45, 2.75) is 18.8 Å². The lowest BCUT2D eigenvalue weighted by atomic mass is 9.96. The summed E-state index contributed by atoms with van der Waals surface area (Å²) in [7, 11) is 1.92. The Labute approximate surface area is 138 Å². The monoisotopic (exact) mass is 338 g/mol. The van der Waals surface area contributed by atoms with Gasteiger partial charge in [0.1, 0.15) is 12.2 Å². The summed E-state index contributed by atoms with van der Waals surface area (Å²) < 4.78 is 1.91. The molecule has 22 heavy (non-hydrogen) atoms. The van der Waals surface area contributed by atoms with Crippen LogP contribution in [0.25, 0.3) is 0 Å². The zero-order chi connectivity index (χ0) is 15.7. The predicted molar refractivity (Wildman–Crippen MR) is 85.3 cm³/mol. The first kappa shape index (κ1) is 15.3. The Hall–Kier alpha value is -1.59. The van der Waals surface area contributed by atoms with Crippen LogP contribution < -0.4 is 0 Å². The molecule has 0 spiro atoms. The molecule has 0 unspecified atom stereocenters. The van der Waals surface area contributed by atoms with E-state index in [0.29, 0.717) is 22.2 Å². The molecule has 1 amide bonds. The molecule has 1 atom stereocenters. The second-order valence-corrected chi connectivity index (χ2v) is 6.28. The van der Waals surface area contributed by atoms with E-state index in [9.17, 15) is 4.79 Å². The summed E-state index contributed by atoms with van der Waals surface area (Å²) in [5, 5.41) is 8.80. The van der Waals surface area contributed by atoms with Gasteiger partial charge < -0.3 is 9.47 Å². The van der Waals surface area contributed by atoms with E-state index < -0.39 is 0 Å². The molecule has 1 aromatic heterocycles. The van der Waals surface area contributed by atoms with Gasteiger partial charge in [-0.1, -0.05) is 29.3 Å². The molecule has 1 saturated heterocycles. The topological polar surface area (TPSA) is 51.0 Å². The molecule has 0 radical (unpaired) electrons. The minimum Gasteiger partial charge on any atom is -0.338 e. The largest absolute Gasteiger partial charge is 0.338 e. The first-order valence-electron chi connectivity index (χ1n) is 7.15. The maximum atomic E-state index is 12.7. The van der Waals surface area contributed by atoms with Crippen molar-refractivity contribution in [2.75, 3.05) is 13.1 Å². The van der Waals surface area contributed by atoms with Gasteiger partial charge in [-0.2, -0.15) is 0 Å². The van der Waals surface area contributed by atoms with Gasteiger partial charge in [0.05, 0.1) is 15.6 Å². The van der Waals surface area contributed by atoms with Gasteiger partial charge in [0.25, 0.3) is 5.91 Å².